The predicted octanol–water partition coefficient (Wildman–Crippen LogP) is 7.91. The molecule has 1 aliphatic rings. The van der Waals surface area contributed by atoms with Gasteiger partial charge in [-0.3, -0.25) is 0 Å². The zero-order chi connectivity index (χ0) is 20.9. The molecule has 142 valence electrons. The van der Waals surface area contributed by atoms with Crippen molar-refractivity contribution in [3.8, 4) is 0 Å². The van der Waals surface area contributed by atoms with E-state index in [1.165, 1.54) is 33.5 Å². The van der Waals surface area contributed by atoms with E-state index < -0.39 is 12.8 Å². The van der Waals surface area contributed by atoms with Gasteiger partial charge in [0.25, 0.3) is 0 Å². The summed E-state index contributed by atoms with van der Waals surface area (Å²) in [5.74, 6) is 1.78. The van der Waals surface area contributed by atoms with E-state index in [0.717, 1.165) is 12.0 Å². The number of hydrogen-bond donors (Lipinski definition) is 0. The fourth-order valence-corrected chi connectivity index (χ4v) is 4.68. The zero-order valence-corrected chi connectivity index (χ0v) is 17.4. The van der Waals surface area contributed by atoms with Crippen LogP contribution in [0, 0.1) is 17.8 Å². The van der Waals surface area contributed by atoms with Gasteiger partial charge in [-0.1, -0.05) is 89.6 Å². The van der Waals surface area contributed by atoms with Crippen LogP contribution in [-0.2, 0) is 11.8 Å². The molecule has 5 atom stereocenters. The molecule has 0 aliphatic heterocycles. The van der Waals surface area contributed by atoms with Crippen LogP contribution >= 0.6 is 0 Å². The number of rotatable bonds is 5. The lowest BCUT2D eigenvalue weighted by molar-refractivity contribution is 0.260. The van der Waals surface area contributed by atoms with Crippen LogP contribution < -0.4 is 0 Å². The molecule has 3 aromatic rings. The van der Waals surface area contributed by atoms with Gasteiger partial charge in [-0.05, 0) is 75.1 Å². The standard InChI is InChI=1S/C27H34/c1-18(2)19(3)10-11-20(4)27(5)17-16-25-24-13-12-21-8-6-7-9-22(21)23(24)14-15-26(25)27/h6-9,12-15,18-20H,10-11,16-17H2,1-5H3/t19?,20-,27+/m1/s1/i16D,17D/t16?,17?,19?,20-,27+. The quantitative estimate of drug-likeness (QED) is 0.405. The maximum Gasteiger partial charge on any atom is 0.0317 e. The van der Waals surface area contributed by atoms with Crippen LogP contribution in [0.25, 0.3) is 21.5 Å². The minimum atomic E-state index is -0.482. The second-order valence-corrected chi connectivity index (χ2v) is 9.22. The SMILES string of the molecule is [2H]C1c2c(ccc3c2ccc2ccccc23)[C@](C)([C@H](C)CCC(C)C(C)C)C1[2H]. The first-order valence-electron chi connectivity index (χ1n) is 11.7. The maximum absolute atomic E-state index is 9.03. The summed E-state index contributed by atoms with van der Waals surface area (Å²) in [7, 11) is 0. The highest BCUT2D eigenvalue weighted by Gasteiger charge is 2.39. The van der Waals surface area contributed by atoms with E-state index >= 15 is 0 Å². The van der Waals surface area contributed by atoms with E-state index in [4.69, 9.17) is 2.74 Å². The topological polar surface area (TPSA) is 0 Å². The Kier molecular flexibility index (Phi) is 4.17. The Morgan fingerprint density at radius 1 is 0.889 bits per heavy atom. The van der Waals surface area contributed by atoms with Crippen LogP contribution in [0.1, 0.15) is 67.7 Å². The highest BCUT2D eigenvalue weighted by Crippen LogP contribution is 2.48. The summed E-state index contributed by atoms with van der Waals surface area (Å²) in [5.41, 5.74) is 2.07. The first-order chi connectivity index (χ1) is 13.8. The average Bonchev–Trinajstić information content (AvgIpc) is 2.93. The average molecular weight is 361 g/mol. The molecular formula is C27H34. The van der Waals surface area contributed by atoms with Gasteiger partial charge < -0.3 is 0 Å². The fraction of sp³-hybridized carbons (Fsp3) is 0.481. The molecule has 0 heteroatoms. The summed E-state index contributed by atoms with van der Waals surface area (Å²) in [5, 5.41) is 4.87. The monoisotopic (exact) mass is 360 g/mol. The molecule has 0 bridgehead atoms. The number of hydrogen-bond acceptors (Lipinski definition) is 0. The van der Waals surface area contributed by atoms with Gasteiger partial charge >= 0.3 is 0 Å². The molecule has 0 aromatic heterocycles. The van der Waals surface area contributed by atoms with Crippen LogP contribution in [0.15, 0.2) is 48.5 Å². The Balaban J connectivity index is 1.80. The maximum atomic E-state index is 9.03. The van der Waals surface area contributed by atoms with Gasteiger partial charge in [-0.15, -0.1) is 0 Å². The summed E-state index contributed by atoms with van der Waals surface area (Å²) < 4.78 is 18.0. The Hall–Kier alpha value is -1.82. The number of benzene rings is 3. The van der Waals surface area contributed by atoms with Gasteiger partial charge in [-0.25, -0.2) is 0 Å². The van der Waals surface area contributed by atoms with Gasteiger partial charge in [0.05, 0.1) is 0 Å². The molecule has 0 heterocycles. The van der Waals surface area contributed by atoms with Crippen molar-refractivity contribution in [3.63, 3.8) is 0 Å². The molecular weight excluding hydrogens is 324 g/mol. The van der Waals surface area contributed by atoms with Crippen molar-refractivity contribution in [1.29, 1.82) is 0 Å². The van der Waals surface area contributed by atoms with Crippen molar-refractivity contribution in [2.45, 2.75) is 65.7 Å². The lowest BCUT2D eigenvalue weighted by Crippen LogP contribution is -2.28. The summed E-state index contributed by atoms with van der Waals surface area (Å²) in [6.07, 6.45) is 1.41. The molecule has 0 saturated carbocycles. The van der Waals surface area contributed by atoms with E-state index in [2.05, 4.69) is 83.1 Å². The molecule has 3 aromatic carbocycles. The van der Waals surface area contributed by atoms with Crippen LogP contribution in [0.5, 0.6) is 0 Å². The molecule has 0 saturated heterocycles. The smallest absolute Gasteiger partial charge is 0.0317 e. The molecule has 0 nitrogen and oxygen atoms in total. The Labute approximate surface area is 167 Å². The Morgan fingerprint density at radius 3 is 2.41 bits per heavy atom. The largest absolute Gasteiger partial charge is 0.0625 e. The third-order valence-electron chi connectivity index (χ3n) is 7.36. The fourth-order valence-electron chi connectivity index (χ4n) is 4.68. The second kappa shape index (κ2) is 6.97. The van der Waals surface area contributed by atoms with Crippen LogP contribution in [-0.4, -0.2) is 0 Å². The molecule has 0 radical (unpaired) electrons. The zero-order valence-electron chi connectivity index (χ0n) is 19.4. The van der Waals surface area contributed by atoms with Gasteiger partial charge in [-0.2, -0.15) is 0 Å². The molecule has 1 aliphatic carbocycles. The van der Waals surface area contributed by atoms with Gasteiger partial charge in [0.1, 0.15) is 0 Å². The molecule has 3 unspecified atom stereocenters. The lowest BCUT2D eigenvalue weighted by atomic mass is 9.70. The molecule has 4 rings (SSSR count). The Morgan fingerprint density at radius 2 is 1.63 bits per heavy atom. The van der Waals surface area contributed by atoms with Crippen LogP contribution in [0.4, 0.5) is 0 Å². The summed E-state index contributed by atoms with van der Waals surface area (Å²) >= 11 is 0. The molecule has 0 spiro atoms. The highest BCUT2D eigenvalue weighted by atomic mass is 14.4. The van der Waals surface area contributed by atoms with Crippen molar-refractivity contribution in [2.75, 3.05) is 0 Å². The summed E-state index contributed by atoms with van der Waals surface area (Å²) in [4.78, 5) is 0. The van der Waals surface area contributed by atoms with Crippen molar-refractivity contribution >= 4 is 21.5 Å². The van der Waals surface area contributed by atoms with E-state index in [-0.39, 0.29) is 5.41 Å². The summed E-state index contributed by atoms with van der Waals surface area (Å²) in [6.45, 7) is 11.5. The minimum Gasteiger partial charge on any atom is -0.0625 e. The van der Waals surface area contributed by atoms with Crippen molar-refractivity contribution < 1.29 is 2.74 Å². The molecule has 27 heavy (non-hydrogen) atoms. The van der Waals surface area contributed by atoms with E-state index in [1.54, 1.807) is 0 Å². The third kappa shape index (κ3) is 3.08. The van der Waals surface area contributed by atoms with E-state index in [1.807, 2.05) is 0 Å². The van der Waals surface area contributed by atoms with E-state index in [0.29, 0.717) is 17.8 Å². The predicted molar refractivity (Wildman–Crippen MR) is 120 cm³/mol. The van der Waals surface area contributed by atoms with Gasteiger partial charge in [0.2, 0.25) is 0 Å². The van der Waals surface area contributed by atoms with E-state index in [9.17, 15) is 0 Å². The van der Waals surface area contributed by atoms with Crippen molar-refractivity contribution in [3.05, 3.63) is 59.7 Å². The number of aryl methyl sites for hydroxylation is 1. The summed E-state index contributed by atoms with van der Waals surface area (Å²) in [6, 6.07) is 17.3. The Bertz CT molecular complexity index is 1040. The van der Waals surface area contributed by atoms with Gasteiger partial charge in [0.15, 0.2) is 0 Å². The molecule has 0 amide bonds. The molecule has 0 fully saturated rings. The van der Waals surface area contributed by atoms with Crippen LogP contribution in [0.2, 0.25) is 0 Å². The third-order valence-corrected chi connectivity index (χ3v) is 7.36. The first-order valence-corrected chi connectivity index (χ1v) is 10.6. The highest BCUT2D eigenvalue weighted by molar-refractivity contribution is 6.08. The second-order valence-electron chi connectivity index (χ2n) is 9.22. The minimum absolute atomic E-state index is 0.266. The van der Waals surface area contributed by atoms with Crippen LogP contribution in [0.3, 0.4) is 0 Å². The normalized spacial score (nSPS) is 28.2. The molecule has 0 N–H and O–H groups in total. The number of fused-ring (bicyclic) bond motifs is 5. The first kappa shape index (κ1) is 16.2. The lowest BCUT2D eigenvalue weighted by Gasteiger charge is -2.34. The van der Waals surface area contributed by atoms with Crippen molar-refractivity contribution in [2.24, 2.45) is 17.8 Å². The van der Waals surface area contributed by atoms with Crippen molar-refractivity contribution in [1.82, 2.24) is 0 Å². The van der Waals surface area contributed by atoms with Gasteiger partial charge in [0, 0.05) is 2.74 Å².